The Hall–Kier alpha value is -3.26. The number of ether oxygens (including phenoxy) is 1. The number of nitrogens with zero attached hydrogens (tertiary/aromatic N) is 1. The Bertz CT molecular complexity index is 1330. The highest BCUT2D eigenvalue weighted by Crippen LogP contribution is 2.31. The molecule has 0 radical (unpaired) electrons. The van der Waals surface area contributed by atoms with Crippen LogP contribution in [0.3, 0.4) is 0 Å². The SMILES string of the molecule is O=C(Nc1ccccc1-c1ccccc1)OC1CCN(CCCCCCCCCNC(=O)c2cc(Cl)cc(Cl)c2O)CC1. The van der Waals surface area contributed by atoms with Crippen molar-refractivity contribution in [1.82, 2.24) is 10.2 Å². The number of rotatable bonds is 14. The lowest BCUT2D eigenvalue weighted by Crippen LogP contribution is -2.38. The first kappa shape index (κ1) is 32.6. The van der Waals surface area contributed by atoms with Crippen LogP contribution in [0.1, 0.15) is 68.1 Å². The maximum Gasteiger partial charge on any atom is 0.411 e. The minimum atomic E-state index is -0.394. The molecule has 9 heteroatoms. The molecule has 0 aliphatic carbocycles. The molecule has 2 amide bonds. The highest BCUT2D eigenvalue weighted by atomic mass is 35.5. The van der Waals surface area contributed by atoms with Gasteiger partial charge in [0, 0.05) is 30.2 Å². The van der Waals surface area contributed by atoms with Crippen molar-refractivity contribution in [3.05, 3.63) is 82.3 Å². The second-order valence-corrected chi connectivity index (χ2v) is 11.8. The normalized spacial score (nSPS) is 13.9. The van der Waals surface area contributed by atoms with Gasteiger partial charge in [0.05, 0.1) is 16.3 Å². The number of piperidine rings is 1. The van der Waals surface area contributed by atoms with Gasteiger partial charge in [-0.05, 0) is 56.0 Å². The van der Waals surface area contributed by atoms with E-state index in [9.17, 15) is 14.7 Å². The van der Waals surface area contributed by atoms with Gasteiger partial charge >= 0.3 is 6.09 Å². The summed E-state index contributed by atoms with van der Waals surface area (Å²) in [5.41, 5.74) is 2.88. The summed E-state index contributed by atoms with van der Waals surface area (Å²) in [6.45, 7) is 3.52. The van der Waals surface area contributed by atoms with Gasteiger partial charge in [0.25, 0.3) is 5.91 Å². The van der Waals surface area contributed by atoms with E-state index in [2.05, 4.69) is 15.5 Å². The van der Waals surface area contributed by atoms with E-state index in [1.807, 2.05) is 54.6 Å². The van der Waals surface area contributed by atoms with Gasteiger partial charge < -0.3 is 20.1 Å². The van der Waals surface area contributed by atoms with Gasteiger partial charge in [0.15, 0.2) is 0 Å². The summed E-state index contributed by atoms with van der Waals surface area (Å²) < 4.78 is 5.76. The van der Waals surface area contributed by atoms with E-state index < -0.39 is 6.09 Å². The predicted molar refractivity (Wildman–Crippen MR) is 174 cm³/mol. The Morgan fingerprint density at radius 3 is 2.26 bits per heavy atom. The number of anilines is 1. The van der Waals surface area contributed by atoms with Crippen molar-refractivity contribution in [3.8, 4) is 16.9 Å². The Kier molecular flexibility index (Phi) is 13.0. The van der Waals surface area contributed by atoms with Gasteiger partial charge in [-0.1, -0.05) is 104 Å². The molecule has 230 valence electrons. The van der Waals surface area contributed by atoms with Gasteiger partial charge in [-0.15, -0.1) is 0 Å². The van der Waals surface area contributed by atoms with E-state index in [0.717, 1.165) is 68.6 Å². The first-order valence-electron chi connectivity index (χ1n) is 15.2. The number of carbonyl (C=O) groups excluding carboxylic acids is 2. The summed E-state index contributed by atoms with van der Waals surface area (Å²) in [6.07, 6.45) is 9.07. The molecule has 1 heterocycles. The number of likely N-dealkylation sites (tertiary alicyclic amines) is 1. The number of hydrogen-bond acceptors (Lipinski definition) is 5. The van der Waals surface area contributed by atoms with E-state index in [0.29, 0.717) is 11.6 Å². The molecule has 43 heavy (non-hydrogen) atoms. The standard InChI is InChI=1S/C34H41Cl2N3O4/c35-26-23-29(32(40)30(36)24-26)33(41)37-19-11-4-2-1-3-5-12-20-39-21-17-27(18-22-39)43-34(42)38-31-16-10-9-15-28(31)25-13-7-6-8-14-25/h6-10,13-16,23-24,27,40H,1-5,11-12,17-22H2,(H,37,41)(H,38,42). The smallest absolute Gasteiger partial charge is 0.411 e. The number of aromatic hydroxyl groups is 1. The van der Waals surface area contributed by atoms with Crippen LogP contribution in [0.2, 0.25) is 10.0 Å². The number of para-hydroxylation sites is 1. The topological polar surface area (TPSA) is 90.9 Å². The van der Waals surface area contributed by atoms with E-state index in [1.165, 1.54) is 37.8 Å². The summed E-state index contributed by atoms with van der Waals surface area (Å²) >= 11 is 11.8. The van der Waals surface area contributed by atoms with Crippen LogP contribution in [0.5, 0.6) is 5.75 Å². The summed E-state index contributed by atoms with van der Waals surface area (Å²) in [5.74, 6) is -0.615. The van der Waals surface area contributed by atoms with E-state index >= 15 is 0 Å². The molecule has 3 aromatic rings. The maximum atomic E-state index is 12.6. The summed E-state index contributed by atoms with van der Waals surface area (Å²) in [6, 6.07) is 20.6. The molecular weight excluding hydrogens is 585 g/mol. The molecule has 7 nitrogen and oxygen atoms in total. The molecule has 1 fully saturated rings. The van der Waals surface area contributed by atoms with Crippen LogP contribution in [-0.4, -0.2) is 54.3 Å². The Labute approximate surface area is 264 Å². The van der Waals surface area contributed by atoms with Crippen molar-refractivity contribution < 1.29 is 19.4 Å². The first-order valence-corrected chi connectivity index (χ1v) is 16.0. The lowest BCUT2D eigenvalue weighted by Gasteiger charge is -2.31. The molecule has 0 unspecified atom stereocenters. The van der Waals surface area contributed by atoms with Crippen molar-refractivity contribution in [1.29, 1.82) is 0 Å². The average Bonchev–Trinajstić information content (AvgIpc) is 3.01. The minimum absolute atomic E-state index is 0.0566. The molecule has 1 aliphatic heterocycles. The zero-order valence-electron chi connectivity index (χ0n) is 24.5. The molecule has 1 saturated heterocycles. The van der Waals surface area contributed by atoms with Crippen LogP contribution in [-0.2, 0) is 4.74 Å². The monoisotopic (exact) mass is 625 g/mol. The fraction of sp³-hybridized carbons (Fsp3) is 0.412. The number of amides is 2. The van der Waals surface area contributed by atoms with Crippen molar-refractivity contribution >= 4 is 40.9 Å². The second kappa shape index (κ2) is 17.1. The molecule has 4 rings (SSSR count). The van der Waals surface area contributed by atoms with Crippen LogP contribution in [0.25, 0.3) is 11.1 Å². The number of nitrogens with one attached hydrogen (secondary N) is 2. The highest BCUT2D eigenvalue weighted by molar-refractivity contribution is 6.36. The molecule has 0 bridgehead atoms. The lowest BCUT2D eigenvalue weighted by atomic mass is 10.0. The minimum Gasteiger partial charge on any atom is -0.506 e. The number of phenolic OH excluding ortho intramolecular Hbond substituents is 1. The summed E-state index contributed by atoms with van der Waals surface area (Å²) in [5, 5.41) is 16.1. The van der Waals surface area contributed by atoms with Crippen LogP contribution in [0.15, 0.2) is 66.7 Å². The van der Waals surface area contributed by atoms with Gasteiger partial charge in [0.1, 0.15) is 11.9 Å². The number of carbonyl (C=O) groups is 2. The Balaban J connectivity index is 1.01. The average molecular weight is 627 g/mol. The van der Waals surface area contributed by atoms with Crippen LogP contribution in [0, 0.1) is 0 Å². The number of halogens is 2. The zero-order chi connectivity index (χ0) is 30.4. The summed E-state index contributed by atoms with van der Waals surface area (Å²) in [4.78, 5) is 27.4. The molecule has 3 N–H and O–H groups in total. The van der Waals surface area contributed by atoms with Crippen LogP contribution in [0.4, 0.5) is 10.5 Å². The van der Waals surface area contributed by atoms with Crippen molar-refractivity contribution in [2.24, 2.45) is 0 Å². The molecule has 0 aromatic heterocycles. The highest BCUT2D eigenvalue weighted by Gasteiger charge is 2.22. The third kappa shape index (κ3) is 10.4. The number of hydrogen-bond donors (Lipinski definition) is 3. The largest absolute Gasteiger partial charge is 0.506 e. The predicted octanol–water partition coefficient (Wildman–Crippen LogP) is 8.54. The molecule has 0 saturated carbocycles. The Morgan fingerprint density at radius 1 is 0.860 bits per heavy atom. The number of benzene rings is 3. The molecule has 1 aliphatic rings. The van der Waals surface area contributed by atoms with Crippen LogP contribution >= 0.6 is 23.2 Å². The Morgan fingerprint density at radius 2 is 1.51 bits per heavy atom. The molecule has 3 aromatic carbocycles. The van der Waals surface area contributed by atoms with Gasteiger partial charge in [-0.2, -0.15) is 0 Å². The quantitative estimate of drug-likeness (QED) is 0.156. The third-order valence-electron chi connectivity index (χ3n) is 7.77. The second-order valence-electron chi connectivity index (χ2n) is 11.0. The summed E-state index contributed by atoms with van der Waals surface area (Å²) in [7, 11) is 0. The molecule has 0 atom stereocenters. The first-order chi connectivity index (χ1) is 20.9. The molecular formula is C34H41Cl2N3O4. The van der Waals surface area contributed by atoms with Crippen molar-refractivity contribution in [2.75, 3.05) is 31.5 Å². The van der Waals surface area contributed by atoms with Gasteiger partial charge in [-0.3, -0.25) is 10.1 Å². The zero-order valence-corrected chi connectivity index (χ0v) is 26.0. The lowest BCUT2D eigenvalue weighted by molar-refractivity contribution is 0.0584. The van der Waals surface area contributed by atoms with Crippen molar-refractivity contribution in [3.63, 3.8) is 0 Å². The third-order valence-corrected chi connectivity index (χ3v) is 8.27. The van der Waals surface area contributed by atoms with E-state index in [-0.39, 0.29) is 28.3 Å². The van der Waals surface area contributed by atoms with E-state index in [4.69, 9.17) is 27.9 Å². The fourth-order valence-corrected chi connectivity index (χ4v) is 5.88. The fourth-order valence-electron chi connectivity index (χ4n) is 5.38. The van der Waals surface area contributed by atoms with E-state index in [1.54, 1.807) is 0 Å². The van der Waals surface area contributed by atoms with Crippen molar-refractivity contribution in [2.45, 2.75) is 63.9 Å². The maximum absolute atomic E-state index is 12.6. The number of unbranched alkanes of at least 4 members (excludes halogenated alkanes) is 6. The van der Waals surface area contributed by atoms with Gasteiger partial charge in [-0.25, -0.2) is 4.79 Å². The van der Waals surface area contributed by atoms with Crippen LogP contribution < -0.4 is 10.6 Å². The molecule has 0 spiro atoms. The van der Waals surface area contributed by atoms with Gasteiger partial charge in [0.2, 0.25) is 0 Å². The number of phenols is 1.